The first-order valence-corrected chi connectivity index (χ1v) is 2.82. The molecule has 3 heteroatoms. The number of rotatable bonds is 2. The van der Waals surface area contributed by atoms with Crippen molar-refractivity contribution in [2.24, 2.45) is 5.73 Å². The molecular formula is C5H10N2O. The van der Waals surface area contributed by atoms with E-state index < -0.39 is 0 Å². The summed E-state index contributed by atoms with van der Waals surface area (Å²) in [4.78, 5) is 12.4. The minimum absolute atomic E-state index is 0.201. The molecular weight excluding hydrogens is 104 g/mol. The topological polar surface area (TPSA) is 46.1 Å². The Kier molecular flexibility index (Phi) is 1.48. The molecule has 0 aliphatic carbocycles. The highest BCUT2D eigenvalue weighted by Crippen LogP contribution is 2.04. The maximum atomic E-state index is 10.7. The minimum atomic E-state index is 0.201. The van der Waals surface area contributed by atoms with Crippen molar-refractivity contribution in [1.29, 1.82) is 0 Å². The van der Waals surface area contributed by atoms with Crippen LogP contribution >= 0.6 is 0 Å². The van der Waals surface area contributed by atoms with Gasteiger partial charge in [-0.15, -0.1) is 0 Å². The molecule has 0 unspecified atom stereocenters. The third-order valence-electron chi connectivity index (χ3n) is 1.16. The Hall–Kier alpha value is -0.570. The van der Waals surface area contributed by atoms with Gasteiger partial charge in [0.1, 0.15) is 0 Å². The first-order valence-electron chi connectivity index (χ1n) is 2.82. The number of carbonyl (C=O) groups is 1. The smallest absolute Gasteiger partial charge is 0.223 e. The van der Waals surface area contributed by atoms with Crippen molar-refractivity contribution >= 4 is 5.91 Å². The third kappa shape index (κ3) is 1.20. The van der Waals surface area contributed by atoms with Crippen LogP contribution in [0.2, 0.25) is 0 Å². The first-order chi connectivity index (χ1) is 3.84. The van der Waals surface area contributed by atoms with Gasteiger partial charge in [-0.05, 0) is 0 Å². The van der Waals surface area contributed by atoms with Gasteiger partial charge in [0.15, 0.2) is 0 Å². The second kappa shape index (κ2) is 2.13. The fraction of sp³-hybridized carbons (Fsp3) is 0.800. The summed E-state index contributed by atoms with van der Waals surface area (Å²) < 4.78 is 0. The van der Waals surface area contributed by atoms with Gasteiger partial charge < -0.3 is 10.6 Å². The van der Waals surface area contributed by atoms with Gasteiger partial charge in [0.2, 0.25) is 5.91 Å². The maximum absolute atomic E-state index is 10.7. The Balaban J connectivity index is 2.13. The molecule has 2 N–H and O–H groups in total. The summed E-state index contributed by atoms with van der Waals surface area (Å²) in [7, 11) is 0. The second-order valence-electron chi connectivity index (χ2n) is 1.92. The van der Waals surface area contributed by atoms with E-state index >= 15 is 0 Å². The molecule has 3 nitrogen and oxygen atoms in total. The summed E-state index contributed by atoms with van der Waals surface area (Å²) >= 11 is 0. The lowest BCUT2D eigenvalue weighted by atomic mass is 10.4. The largest absolute Gasteiger partial charge is 0.339 e. The lowest BCUT2D eigenvalue weighted by Crippen LogP contribution is -2.14. The van der Waals surface area contributed by atoms with Crippen LogP contribution in [0.3, 0.4) is 0 Å². The summed E-state index contributed by atoms with van der Waals surface area (Å²) in [5.41, 5.74) is 5.15. The zero-order chi connectivity index (χ0) is 5.98. The molecule has 0 atom stereocenters. The Morgan fingerprint density at radius 2 is 2.25 bits per heavy atom. The number of nitrogens with zero attached hydrogens (tertiary/aromatic N) is 1. The van der Waals surface area contributed by atoms with Gasteiger partial charge in [0.05, 0.1) is 0 Å². The van der Waals surface area contributed by atoms with Crippen molar-refractivity contribution < 1.29 is 4.79 Å². The number of nitrogens with two attached hydrogens (primary N) is 1. The molecule has 1 heterocycles. The second-order valence-corrected chi connectivity index (χ2v) is 1.92. The van der Waals surface area contributed by atoms with Crippen LogP contribution in [0.5, 0.6) is 0 Å². The van der Waals surface area contributed by atoms with Crippen molar-refractivity contribution in [3.05, 3.63) is 0 Å². The lowest BCUT2D eigenvalue weighted by molar-refractivity contribution is -0.125. The van der Waals surface area contributed by atoms with Gasteiger partial charge in [-0.25, -0.2) is 0 Å². The number of hydrogen-bond donors (Lipinski definition) is 1. The molecule has 0 aromatic rings. The predicted molar refractivity (Wildman–Crippen MR) is 30.3 cm³/mol. The highest BCUT2D eigenvalue weighted by molar-refractivity contribution is 5.78. The van der Waals surface area contributed by atoms with Gasteiger partial charge in [-0.2, -0.15) is 0 Å². The molecule has 1 saturated heterocycles. The van der Waals surface area contributed by atoms with E-state index in [1.165, 1.54) is 0 Å². The molecule has 0 aromatic heterocycles. The number of carbonyl (C=O) groups excluding carboxylic acids is 1. The van der Waals surface area contributed by atoms with Gasteiger partial charge >= 0.3 is 0 Å². The molecule has 0 saturated carbocycles. The highest BCUT2D eigenvalue weighted by atomic mass is 16.2. The summed E-state index contributed by atoms with van der Waals surface area (Å²) in [6.45, 7) is 2.37. The van der Waals surface area contributed by atoms with Crippen molar-refractivity contribution in [3.8, 4) is 0 Å². The van der Waals surface area contributed by atoms with E-state index in [0.29, 0.717) is 13.0 Å². The lowest BCUT2D eigenvalue weighted by Gasteiger charge is -1.95. The maximum Gasteiger partial charge on any atom is 0.223 e. The van der Waals surface area contributed by atoms with Crippen molar-refractivity contribution in [2.45, 2.75) is 6.42 Å². The first kappa shape index (κ1) is 5.56. The Bertz CT molecular complexity index is 98.6. The molecule has 1 rings (SSSR count). The van der Waals surface area contributed by atoms with E-state index in [-0.39, 0.29) is 5.91 Å². The highest BCUT2D eigenvalue weighted by Gasteiger charge is 2.22. The zero-order valence-electron chi connectivity index (χ0n) is 4.76. The molecule has 0 bridgehead atoms. The molecule has 0 aromatic carbocycles. The SMILES string of the molecule is NCCC(=O)N1CC1. The monoisotopic (exact) mass is 114 g/mol. The van der Waals surface area contributed by atoms with Gasteiger partial charge in [-0.1, -0.05) is 0 Å². The average molecular weight is 114 g/mol. The van der Waals surface area contributed by atoms with Crippen LogP contribution in [0.25, 0.3) is 0 Å². The summed E-state index contributed by atoms with van der Waals surface area (Å²) in [5.74, 6) is 0.201. The van der Waals surface area contributed by atoms with E-state index in [1.807, 2.05) is 0 Å². The van der Waals surface area contributed by atoms with Crippen LogP contribution in [0.15, 0.2) is 0 Å². The summed E-state index contributed by atoms with van der Waals surface area (Å²) in [5, 5.41) is 0. The Morgan fingerprint density at radius 1 is 1.62 bits per heavy atom. The third-order valence-corrected chi connectivity index (χ3v) is 1.16. The van der Waals surface area contributed by atoms with E-state index in [9.17, 15) is 4.79 Å². The average Bonchev–Trinajstić information content (AvgIpc) is 2.45. The Morgan fingerprint density at radius 3 is 2.62 bits per heavy atom. The van der Waals surface area contributed by atoms with Gasteiger partial charge in [0.25, 0.3) is 0 Å². The van der Waals surface area contributed by atoms with Crippen molar-refractivity contribution in [2.75, 3.05) is 19.6 Å². The van der Waals surface area contributed by atoms with E-state index in [0.717, 1.165) is 13.1 Å². The molecule has 8 heavy (non-hydrogen) atoms. The summed E-state index contributed by atoms with van der Waals surface area (Å²) in [6, 6.07) is 0. The minimum Gasteiger partial charge on any atom is -0.339 e. The van der Waals surface area contributed by atoms with E-state index in [1.54, 1.807) is 4.90 Å². The molecule has 0 spiro atoms. The van der Waals surface area contributed by atoms with Crippen LogP contribution in [0.4, 0.5) is 0 Å². The van der Waals surface area contributed by atoms with Crippen molar-refractivity contribution in [3.63, 3.8) is 0 Å². The van der Waals surface area contributed by atoms with Crippen molar-refractivity contribution in [1.82, 2.24) is 4.90 Å². The molecule has 1 fully saturated rings. The fourth-order valence-corrected chi connectivity index (χ4v) is 0.581. The predicted octanol–water partition coefficient (Wildman–Crippen LogP) is -0.823. The standard InChI is InChI=1S/C5H10N2O/c6-2-1-5(8)7-3-4-7/h1-4,6H2. The van der Waals surface area contributed by atoms with E-state index in [4.69, 9.17) is 5.73 Å². The van der Waals surface area contributed by atoms with Gasteiger partial charge in [-0.3, -0.25) is 4.79 Å². The zero-order valence-corrected chi connectivity index (χ0v) is 4.76. The van der Waals surface area contributed by atoms with Crippen LogP contribution < -0.4 is 5.73 Å². The molecule has 0 radical (unpaired) electrons. The van der Waals surface area contributed by atoms with Crippen LogP contribution in [-0.4, -0.2) is 30.4 Å². The van der Waals surface area contributed by atoms with Gasteiger partial charge in [0, 0.05) is 26.1 Å². The quantitative estimate of drug-likeness (QED) is 0.477. The molecule has 46 valence electrons. The molecule has 1 amide bonds. The number of amides is 1. The normalized spacial score (nSPS) is 16.4. The van der Waals surface area contributed by atoms with Crippen LogP contribution in [-0.2, 0) is 4.79 Å². The molecule has 1 aliphatic heterocycles. The number of hydrogen-bond acceptors (Lipinski definition) is 2. The summed E-state index contributed by atoms with van der Waals surface area (Å²) in [6.07, 6.45) is 0.514. The van der Waals surface area contributed by atoms with Crippen LogP contribution in [0, 0.1) is 0 Å². The van der Waals surface area contributed by atoms with Crippen LogP contribution in [0.1, 0.15) is 6.42 Å². The molecule has 1 aliphatic rings. The fourth-order valence-electron chi connectivity index (χ4n) is 0.581. The van der Waals surface area contributed by atoms with E-state index in [2.05, 4.69) is 0 Å². The Labute approximate surface area is 48.5 Å².